The van der Waals surface area contributed by atoms with Crippen LogP contribution in [0.1, 0.15) is 59.8 Å². The number of fused-ring (bicyclic) bond motifs is 1. The molecule has 2 saturated carbocycles. The normalized spacial score (nSPS) is 43.9. The summed E-state index contributed by atoms with van der Waals surface area (Å²) in [6.45, 7) is 8.03. The zero-order valence-electron chi connectivity index (χ0n) is 12.0. The quantitative estimate of drug-likeness (QED) is 0.771. The van der Waals surface area contributed by atoms with Crippen molar-refractivity contribution in [2.75, 3.05) is 0 Å². The number of hydrogen-bond acceptors (Lipinski definition) is 3. The minimum atomic E-state index is -0.653. The Hall–Kier alpha value is -0.570. The van der Waals surface area contributed by atoms with Crippen molar-refractivity contribution in [1.29, 1.82) is 0 Å². The molecule has 2 aliphatic rings. The van der Waals surface area contributed by atoms with Crippen LogP contribution in [0.2, 0.25) is 0 Å². The van der Waals surface area contributed by atoms with Crippen LogP contribution in [0.25, 0.3) is 0 Å². The first-order valence-corrected chi connectivity index (χ1v) is 7.18. The summed E-state index contributed by atoms with van der Waals surface area (Å²) in [6.07, 6.45) is 4.57. The van der Waals surface area contributed by atoms with Gasteiger partial charge < -0.3 is 9.84 Å². The lowest BCUT2D eigenvalue weighted by atomic mass is 9.61. The summed E-state index contributed by atoms with van der Waals surface area (Å²) in [5, 5.41) is 11.2. The van der Waals surface area contributed by atoms with Crippen molar-refractivity contribution in [3.05, 3.63) is 0 Å². The SMILES string of the molecule is CC(=O)O[C@H]1CC[C@@]2(C)CC[C@H](C(C)C)[C@@]2(O)C1. The molecule has 3 heteroatoms. The van der Waals surface area contributed by atoms with E-state index in [2.05, 4.69) is 20.8 Å². The lowest BCUT2D eigenvalue weighted by molar-refractivity contribution is -0.173. The molecule has 0 unspecified atom stereocenters. The molecule has 2 fully saturated rings. The Bertz CT molecular complexity index is 339. The number of carbonyl (C=O) groups is 1. The molecule has 104 valence electrons. The maximum absolute atomic E-state index is 11.2. The third-order valence-corrected chi connectivity index (χ3v) is 5.36. The maximum Gasteiger partial charge on any atom is 0.302 e. The van der Waals surface area contributed by atoms with E-state index in [4.69, 9.17) is 4.74 Å². The fourth-order valence-corrected chi connectivity index (χ4v) is 4.26. The molecule has 4 atom stereocenters. The largest absolute Gasteiger partial charge is 0.462 e. The molecule has 0 spiro atoms. The van der Waals surface area contributed by atoms with Gasteiger partial charge in [-0.1, -0.05) is 20.8 Å². The van der Waals surface area contributed by atoms with Gasteiger partial charge in [0, 0.05) is 13.3 Å². The number of hydrogen-bond donors (Lipinski definition) is 1. The fraction of sp³-hybridized carbons (Fsp3) is 0.933. The lowest BCUT2D eigenvalue weighted by Crippen LogP contribution is -2.54. The van der Waals surface area contributed by atoms with E-state index in [0.29, 0.717) is 18.3 Å². The van der Waals surface area contributed by atoms with Crippen molar-refractivity contribution in [2.45, 2.75) is 71.5 Å². The van der Waals surface area contributed by atoms with Gasteiger partial charge in [-0.05, 0) is 42.9 Å². The van der Waals surface area contributed by atoms with Crippen LogP contribution in [-0.2, 0) is 9.53 Å². The highest BCUT2D eigenvalue weighted by Gasteiger charge is 2.60. The number of aliphatic hydroxyl groups is 1. The monoisotopic (exact) mass is 254 g/mol. The second kappa shape index (κ2) is 4.52. The van der Waals surface area contributed by atoms with E-state index in [1.165, 1.54) is 6.92 Å². The lowest BCUT2D eigenvalue weighted by Gasteiger charge is -2.49. The molecule has 0 aromatic heterocycles. The molecule has 0 aliphatic heterocycles. The number of ether oxygens (including phenoxy) is 1. The standard InChI is InChI=1S/C15H26O3/c1-10(2)13-6-8-14(4)7-5-12(18-11(3)16)9-15(13,14)17/h10,12-13,17H,5-9H2,1-4H3/t12-,13+,14-,15-/m0/s1. The van der Waals surface area contributed by atoms with Gasteiger partial charge in [-0.25, -0.2) is 0 Å². The molecule has 0 bridgehead atoms. The van der Waals surface area contributed by atoms with E-state index in [1.54, 1.807) is 0 Å². The van der Waals surface area contributed by atoms with E-state index in [0.717, 1.165) is 25.7 Å². The molecule has 18 heavy (non-hydrogen) atoms. The third kappa shape index (κ3) is 2.07. The van der Waals surface area contributed by atoms with Crippen LogP contribution < -0.4 is 0 Å². The number of carbonyl (C=O) groups excluding carboxylic acids is 1. The summed E-state index contributed by atoms with van der Waals surface area (Å²) in [5.41, 5.74) is -0.641. The van der Waals surface area contributed by atoms with Crippen LogP contribution in [0.5, 0.6) is 0 Å². The van der Waals surface area contributed by atoms with Gasteiger partial charge in [0.15, 0.2) is 0 Å². The minimum absolute atomic E-state index is 0.0125. The van der Waals surface area contributed by atoms with Gasteiger partial charge in [0.05, 0.1) is 5.60 Å². The summed E-state index contributed by atoms with van der Waals surface area (Å²) < 4.78 is 5.34. The Kier molecular flexibility index (Phi) is 3.48. The molecule has 3 nitrogen and oxygen atoms in total. The Balaban J connectivity index is 2.19. The third-order valence-electron chi connectivity index (χ3n) is 5.36. The van der Waals surface area contributed by atoms with Crippen molar-refractivity contribution < 1.29 is 14.6 Å². The summed E-state index contributed by atoms with van der Waals surface area (Å²) in [7, 11) is 0. The second-order valence-electron chi connectivity index (χ2n) is 6.85. The molecule has 0 aromatic carbocycles. The zero-order chi connectivity index (χ0) is 13.6. The molecule has 1 N–H and O–H groups in total. The Morgan fingerprint density at radius 2 is 1.94 bits per heavy atom. The smallest absolute Gasteiger partial charge is 0.302 e. The first-order valence-electron chi connectivity index (χ1n) is 7.18. The van der Waals surface area contributed by atoms with E-state index in [-0.39, 0.29) is 17.5 Å². The maximum atomic E-state index is 11.2. The van der Waals surface area contributed by atoms with Crippen LogP contribution in [-0.4, -0.2) is 22.8 Å². The highest BCUT2D eigenvalue weighted by Crippen LogP contribution is 2.59. The van der Waals surface area contributed by atoms with E-state index in [9.17, 15) is 9.90 Å². The van der Waals surface area contributed by atoms with E-state index < -0.39 is 5.60 Å². The molecule has 0 saturated heterocycles. The molecule has 2 aliphatic carbocycles. The average molecular weight is 254 g/mol. The van der Waals surface area contributed by atoms with Crippen molar-refractivity contribution >= 4 is 5.97 Å². The summed E-state index contributed by atoms with van der Waals surface area (Å²) in [6, 6.07) is 0. The predicted octanol–water partition coefficient (Wildman–Crippen LogP) is 2.91. The zero-order valence-corrected chi connectivity index (χ0v) is 12.0. The van der Waals surface area contributed by atoms with Gasteiger partial charge in [0.25, 0.3) is 0 Å². The van der Waals surface area contributed by atoms with Gasteiger partial charge >= 0.3 is 5.97 Å². The molecule has 0 amide bonds. The molecule has 2 rings (SSSR count). The minimum Gasteiger partial charge on any atom is -0.462 e. The molecule has 0 heterocycles. The fourth-order valence-electron chi connectivity index (χ4n) is 4.26. The molecular formula is C15H26O3. The Labute approximate surface area is 110 Å². The average Bonchev–Trinajstić information content (AvgIpc) is 2.49. The van der Waals surface area contributed by atoms with E-state index >= 15 is 0 Å². The van der Waals surface area contributed by atoms with Crippen molar-refractivity contribution in [3.8, 4) is 0 Å². The number of rotatable bonds is 2. The summed E-state index contributed by atoms with van der Waals surface area (Å²) >= 11 is 0. The molecular weight excluding hydrogens is 228 g/mol. The van der Waals surface area contributed by atoms with Crippen LogP contribution in [0.15, 0.2) is 0 Å². The Morgan fingerprint density at radius 1 is 1.33 bits per heavy atom. The van der Waals surface area contributed by atoms with Crippen LogP contribution in [0.3, 0.4) is 0 Å². The summed E-state index contributed by atoms with van der Waals surface area (Å²) in [5.74, 6) is 0.583. The van der Waals surface area contributed by atoms with Gasteiger partial charge in [-0.15, -0.1) is 0 Å². The van der Waals surface area contributed by atoms with Crippen molar-refractivity contribution in [2.24, 2.45) is 17.3 Å². The molecule has 0 aromatic rings. The van der Waals surface area contributed by atoms with Crippen LogP contribution >= 0.6 is 0 Å². The van der Waals surface area contributed by atoms with Crippen molar-refractivity contribution in [3.63, 3.8) is 0 Å². The van der Waals surface area contributed by atoms with Gasteiger partial charge in [-0.2, -0.15) is 0 Å². The van der Waals surface area contributed by atoms with Gasteiger partial charge in [0.2, 0.25) is 0 Å². The van der Waals surface area contributed by atoms with Crippen LogP contribution in [0.4, 0.5) is 0 Å². The predicted molar refractivity (Wildman–Crippen MR) is 70.0 cm³/mol. The summed E-state index contributed by atoms with van der Waals surface area (Å²) in [4.78, 5) is 11.1. The first kappa shape index (κ1) is 13.9. The van der Waals surface area contributed by atoms with Gasteiger partial charge in [-0.3, -0.25) is 4.79 Å². The second-order valence-corrected chi connectivity index (χ2v) is 6.85. The number of esters is 1. The van der Waals surface area contributed by atoms with E-state index in [1.807, 2.05) is 0 Å². The topological polar surface area (TPSA) is 46.5 Å². The Morgan fingerprint density at radius 3 is 2.50 bits per heavy atom. The molecule has 0 radical (unpaired) electrons. The van der Waals surface area contributed by atoms with Gasteiger partial charge in [0.1, 0.15) is 6.10 Å². The highest BCUT2D eigenvalue weighted by molar-refractivity contribution is 5.66. The van der Waals surface area contributed by atoms with Crippen LogP contribution in [0, 0.1) is 17.3 Å². The highest BCUT2D eigenvalue weighted by atomic mass is 16.5. The van der Waals surface area contributed by atoms with Crippen molar-refractivity contribution in [1.82, 2.24) is 0 Å². The first-order chi connectivity index (χ1) is 8.28.